The van der Waals surface area contributed by atoms with Crippen LogP contribution in [0.25, 0.3) is 0 Å². The van der Waals surface area contributed by atoms with Gasteiger partial charge in [0.05, 0.1) is 11.3 Å². The van der Waals surface area contributed by atoms with Crippen molar-refractivity contribution in [3.8, 4) is 0 Å². The third kappa shape index (κ3) is 2.65. The second-order valence-electron chi connectivity index (χ2n) is 4.79. The maximum absolute atomic E-state index is 11.7. The molecule has 0 aromatic carbocycles. The van der Waals surface area contributed by atoms with Crippen LogP contribution >= 0.6 is 11.3 Å². The lowest BCUT2D eigenvalue weighted by molar-refractivity contribution is 0.0967. The molecule has 0 atom stereocenters. The number of nitrogen functional groups attached to an aromatic ring is 1. The van der Waals surface area contributed by atoms with Gasteiger partial charge in [-0.25, -0.2) is 0 Å². The van der Waals surface area contributed by atoms with Crippen molar-refractivity contribution in [1.29, 1.82) is 0 Å². The highest BCUT2D eigenvalue weighted by Crippen LogP contribution is 2.39. The van der Waals surface area contributed by atoms with Gasteiger partial charge < -0.3 is 21.7 Å². The first-order valence-electron chi connectivity index (χ1n) is 6.11. The minimum atomic E-state index is -0.596. The molecule has 1 aromatic rings. The second-order valence-corrected chi connectivity index (χ2v) is 5.79. The van der Waals surface area contributed by atoms with Crippen LogP contribution in [0.4, 0.5) is 10.7 Å². The average molecular weight is 282 g/mol. The van der Waals surface area contributed by atoms with E-state index in [1.54, 1.807) is 0 Å². The summed E-state index contributed by atoms with van der Waals surface area (Å²) in [5.74, 6) is -0.227. The van der Waals surface area contributed by atoms with E-state index in [-0.39, 0.29) is 17.2 Å². The SMILES string of the molecule is CNC(=O)c1sc(N(C)CC2CC2)c(C(N)=O)c1N. The van der Waals surface area contributed by atoms with Gasteiger partial charge in [0.2, 0.25) is 0 Å². The van der Waals surface area contributed by atoms with Gasteiger partial charge in [-0.3, -0.25) is 9.59 Å². The van der Waals surface area contributed by atoms with Crippen molar-refractivity contribution >= 4 is 33.8 Å². The van der Waals surface area contributed by atoms with Crippen molar-refractivity contribution in [2.45, 2.75) is 12.8 Å². The molecule has 1 aliphatic carbocycles. The van der Waals surface area contributed by atoms with E-state index in [1.807, 2.05) is 11.9 Å². The maximum atomic E-state index is 11.7. The number of thiophene rings is 1. The number of primary amides is 1. The van der Waals surface area contributed by atoms with Gasteiger partial charge in [-0.05, 0) is 18.8 Å². The second kappa shape index (κ2) is 5.08. The molecule has 19 heavy (non-hydrogen) atoms. The summed E-state index contributed by atoms with van der Waals surface area (Å²) in [6, 6.07) is 0. The zero-order valence-electron chi connectivity index (χ0n) is 11.0. The molecule has 1 aliphatic rings. The molecule has 0 unspecified atom stereocenters. The molecule has 1 heterocycles. The highest BCUT2D eigenvalue weighted by atomic mass is 32.1. The Bertz CT molecular complexity index is 522. The van der Waals surface area contributed by atoms with Crippen LogP contribution in [0.3, 0.4) is 0 Å². The first kappa shape index (κ1) is 13.7. The normalized spacial score (nSPS) is 14.2. The molecule has 1 saturated carbocycles. The van der Waals surface area contributed by atoms with Crippen molar-refractivity contribution in [3.05, 3.63) is 10.4 Å². The molecule has 104 valence electrons. The van der Waals surface area contributed by atoms with E-state index in [0.29, 0.717) is 15.8 Å². The zero-order valence-corrected chi connectivity index (χ0v) is 11.8. The predicted octanol–water partition coefficient (Wildman–Crippen LogP) is 0.635. The Hall–Kier alpha value is -1.76. The quantitative estimate of drug-likeness (QED) is 0.737. The number of nitrogens with zero attached hydrogens (tertiary/aromatic N) is 1. The lowest BCUT2D eigenvalue weighted by atomic mass is 10.2. The van der Waals surface area contributed by atoms with Crippen LogP contribution in [0.1, 0.15) is 32.9 Å². The average Bonchev–Trinajstić information content (AvgIpc) is 3.09. The largest absolute Gasteiger partial charge is 0.397 e. The monoisotopic (exact) mass is 282 g/mol. The van der Waals surface area contributed by atoms with Gasteiger partial charge >= 0.3 is 0 Å². The minimum absolute atomic E-state index is 0.175. The van der Waals surface area contributed by atoms with Gasteiger partial charge in [-0.2, -0.15) is 0 Å². The van der Waals surface area contributed by atoms with E-state index >= 15 is 0 Å². The van der Waals surface area contributed by atoms with E-state index in [1.165, 1.54) is 31.2 Å². The molecular formula is C12H18N4O2S. The van der Waals surface area contributed by atoms with E-state index in [9.17, 15) is 9.59 Å². The van der Waals surface area contributed by atoms with Crippen molar-refractivity contribution in [2.24, 2.45) is 11.7 Å². The number of nitrogens with one attached hydrogen (secondary N) is 1. The Balaban J connectivity index is 2.39. The molecule has 6 nitrogen and oxygen atoms in total. The topological polar surface area (TPSA) is 101 Å². The molecule has 5 N–H and O–H groups in total. The number of nitrogens with two attached hydrogens (primary N) is 2. The zero-order chi connectivity index (χ0) is 14.2. The van der Waals surface area contributed by atoms with Gasteiger partial charge in [0.1, 0.15) is 9.88 Å². The highest BCUT2D eigenvalue weighted by molar-refractivity contribution is 7.19. The summed E-state index contributed by atoms with van der Waals surface area (Å²) in [5.41, 5.74) is 11.7. The maximum Gasteiger partial charge on any atom is 0.263 e. The summed E-state index contributed by atoms with van der Waals surface area (Å²) in [4.78, 5) is 25.6. The first-order valence-corrected chi connectivity index (χ1v) is 6.92. The molecule has 1 fully saturated rings. The van der Waals surface area contributed by atoms with E-state index < -0.39 is 5.91 Å². The van der Waals surface area contributed by atoms with Crippen molar-refractivity contribution in [1.82, 2.24) is 5.32 Å². The fraction of sp³-hybridized carbons (Fsp3) is 0.500. The first-order chi connectivity index (χ1) is 8.95. The molecule has 0 aliphatic heterocycles. The summed E-state index contributed by atoms with van der Waals surface area (Å²) in [5, 5.41) is 3.19. The summed E-state index contributed by atoms with van der Waals surface area (Å²) >= 11 is 1.21. The Morgan fingerprint density at radius 2 is 2.11 bits per heavy atom. The van der Waals surface area contributed by atoms with Crippen LogP contribution in [0.5, 0.6) is 0 Å². The molecule has 2 amide bonds. The number of carbonyl (C=O) groups is 2. The minimum Gasteiger partial charge on any atom is -0.397 e. The van der Waals surface area contributed by atoms with Crippen LogP contribution in [-0.2, 0) is 0 Å². The number of amides is 2. The number of rotatable bonds is 5. The number of hydrogen-bond donors (Lipinski definition) is 3. The van der Waals surface area contributed by atoms with Gasteiger partial charge in [0, 0.05) is 20.6 Å². The van der Waals surface area contributed by atoms with Gasteiger partial charge in [-0.1, -0.05) is 0 Å². The Morgan fingerprint density at radius 1 is 1.47 bits per heavy atom. The smallest absolute Gasteiger partial charge is 0.263 e. The lowest BCUT2D eigenvalue weighted by Gasteiger charge is -2.18. The highest BCUT2D eigenvalue weighted by Gasteiger charge is 2.29. The number of anilines is 2. The van der Waals surface area contributed by atoms with Crippen LogP contribution < -0.4 is 21.7 Å². The Labute approximate surface area is 115 Å². The summed E-state index contributed by atoms with van der Waals surface area (Å²) < 4.78 is 0. The number of carbonyl (C=O) groups excluding carboxylic acids is 2. The standard InChI is InChI=1S/C12H18N4O2S/c1-15-11(18)9-8(13)7(10(14)17)12(19-9)16(2)5-6-3-4-6/h6H,3-5,13H2,1-2H3,(H2,14,17)(H,15,18). The summed E-state index contributed by atoms with van der Waals surface area (Å²) in [6.07, 6.45) is 2.42. The Morgan fingerprint density at radius 3 is 2.58 bits per heavy atom. The van der Waals surface area contributed by atoms with Gasteiger partial charge in [-0.15, -0.1) is 11.3 Å². The summed E-state index contributed by atoms with van der Waals surface area (Å²) in [7, 11) is 3.42. The van der Waals surface area contributed by atoms with Gasteiger partial charge in [0.15, 0.2) is 0 Å². The fourth-order valence-corrected chi connectivity index (χ4v) is 3.13. The molecule has 0 bridgehead atoms. The van der Waals surface area contributed by atoms with Crippen molar-refractivity contribution < 1.29 is 9.59 Å². The molecule has 0 radical (unpaired) electrons. The van der Waals surface area contributed by atoms with Crippen LogP contribution in [0.15, 0.2) is 0 Å². The number of hydrogen-bond acceptors (Lipinski definition) is 5. The summed E-state index contributed by atoms with van der Waals surface area (Å²) in [6.45, 7) is 0.855. The molecule has 7 heteroatoms. The van der Waals surface area contributed by atoms with Crippen LogP contribution in [0, 0.1) is 5.92 Å². The fourth-order valence-electron chi connectivity index (χ4n) is 1.99. The molecule has 0 spiro atoms. The lowest BCUT2D eigenvalue weighted by Crippen LogP contribution is -2.23. The van der Waals surface area contributed by atoms with E-state index in [0.717, 1.165) is 6.54 Å². The third-order valence-electron chi connectivity index (χ3n) is 3.18. The molecule has 0 saturated heterocycles. The molecule has 2 rings (SSSR count). The van der Waals surface area contributed by atoms with Crippen LogP contribution in [-0.4, -0.2) is 32.5 Å². The molecular weight excluding hydrogens is 264 g/mol. The van der Waals surface area contributed by atoms with Crippen molar-refractivity contribution in [2.75, 3.05) is 31.3 Å². The van der Waals surface area contributed by atoms with E-state index in [2.05, 4.69) is 5.32 Å². The van der Waals surface area contributed by atoms with E-state index in [4.69, 9.17) is 11.5 Å². The Kier molecular flexibility index (Phi) is 3.66. The molecule has 1 aromatic heterocycles. The van der Waals surface area contributed by atoms with Crippen molar-refractivity contribution in [3.63, 3.8) is 0 Å². The van der Waals surface area contributed by atoms with Crippen LogP contribution in [0.2, 0.25) is 0 Å². The third-order valence-corrected chi connectivity index (χ3v) is 4.50. The predicted molar refractivity (Wildman–Crippen MR) is 76.6 cm³/mol. The van der Waals surface area contributed by atoms with Gasteiger partial charge in [0.25, 0.3) is 11.8 Å².